The van der Waals surface area contributed by atoms with Crippen LogP contribution >= 0.6 is 0 Å². The van der Waals surface area contributed by atoms with E-state index in [9.17, 15) is 4.79 Å². The molecule has 1 heterocycles. The second kappa shape index (κ2) is 7.76. The fourth-order valence-corrected chi connectivity index (χ4v) is 1.84. The molecule has 1 atom stereocenters. The number of aryl methyl sites for hydroxylation is 1. The van der Waals surface area contributed by atoms with Gasteiger partial charge in [-0.05, 0) is 13.8 Å². The number of carbonyl (C=O) groups is 1. The van der Waals surface area contributed by atoms with Gasteiger partial charge in [0, 0.05) is 27.0 Å². The third-order valence-corrected chi connectivity index (χ3v) is 2.93. The molecule has 0 spiro atoms. The largest absolute Gasteiger partial charge is 0.478 e. The number of aromatic nitrogens is 2. The zero-order valence-corrected chi connectivity index (χ0v) is 12.3. The number of carboxylic acid groups (broad SMARTS) is 1. The summed E-state index contributed by atoms with van der Waals surface area (Å²) in [5.41, 5.74) is 0.550. The van der Waals surface area contributed by atoms with Crippen molar-refractivity contribution in [3.05, 3.63) is 17.5 Å². The predicted octanol–water partition coefficient (Wildman–Crippen LogP) is 0.971. The number of carboxylic acids is 1. The van der Waals surface area contributed by atoms with Gasteiger partial charge in [0.2, 0.25) is 5.95 Å². The van der Waals surface area contributed by atoms with Gasteiger partial charge in [-0.1, -0.05) is 0 Å². The number of anilines is 1. The highest BCUT2D eigenvalue weighted by Gasteiger charge is 2.19. The van der Waals surface area contributed by atoms with Crippen LogP contribution in [0.25, 0.3) is 0 Å². The van der Waals surface area contributed by atoms with Crippen molar-refractivity contribution < 1.29 is 19.4 Å². The van der Waals surface area contributed by atoms with E-state index in [4.69, 9.17) is 14.6 Å². The van der Waals surface area contributed by atoms with Crippen LogP contribution in [0.15, 0.2) is 6.20 Å². The minimum absolute atomic E-state index is 0.0604. The predicted molar refractivity (Wildman–Crippen MR) is 74.3 cm³/mol. The van der Waals surface area contributed by atoms with Crippen LogP contribution in [-0.2, 0) is 9.47 Å². The van der Waals surface area contributed by atoms with Crippen molar-refractivity contribution in [2.24, 2.45) is 0 Å². The Morgan fingerprint density at radius 2 is 2.15 bits per heavy atom. The summed E-state index contributed by atoms with van der Waals surface area (Å²) in [5, 5.41) is 9.00. The summed E-state index contributed by atoms with van der Waals surface area (Å²) in [4.78, 5) is 21.3. The number of rotatable bonds is 8. The molecule has 1 N–H and O–H groups in total. The second-order valence-corrected chi connectivity index (χ2v) is 4.46. The van der Waals surface area contributed by atoms with E-state index < -0.39 is 5.97 Å². The Balaban J connectivity index is 3.00. The average Bonchev–Trinajstić information content (AvgIpc) is 2.39. The normalized spacial score (nSPS) is 12.2. The molecule has 0 aliphatic heterocycles. The molecule has 112 valence electrons. The van der Waals surface area contributed by atoms with Crippen LogP contribution in [0.1, 0.15) is 23.0 Å². The van der Waals surface area contributed by atoms with Crippen molar-refractivity contribution in [2.45, 2.75) is 19.9 Å². The smallest absolute Gasteiger partial charge is 0.339 e. The summed E-state index contributed by atoms with van der Waals surface area (Å²) in [6.07, 6.45) is 1.33. The molecule has 0 radical (unpaired) electrons. The molecule has 0 saturated carbocycles. The van der Waals surface area contributed by atoms with Crippen molar-refractivity contribution >= 4 is 11.9 Å². The summed E-state index contributed by atoms with van der Waals surface area (Å²) in [7, 11) is 3.25. The van der Waals surface area contributed by atoms with E-state index in [-0.39, 0.29) is 11.6 Å². The lowest BCUT2D eigenvalue weighted by Gasteiger charge is -2.28. The lowest BCUT2D eigenvalue weighted by molar-refractivity contribution is 0.0695. The minimum Gasteiger partial charge on any atom is -0.478 e. The van der Waals surface area contributed by atoms with Crippen LogP contribution < -0.4 is 4.90 Å². The molecule has 1 aromatic rings. The zero-order valence-electron chi connectivity index (χ0n) is 12.3. The van der Waals surface area contributed by atoms with Gasteiger partial charge in [-0.25, -0.2) is 14.8 Å². The summed E-state index contributed by atoms with van der Waals surface area (Å²) in [6.45, 7) is 5.30. The van der Waals surface area contributed by atoms with Crippen molar-refractivity contribution in [1.29, 1.82) is 0 Å². The third-order valence-electron chi connectivity index (χ3n) is 2.93. The Kier molecular flexibility index (Phi) is 6.33. The SMILES string of the molecule is COCCN(c1ncc(C(=O)O)c(C)n1)C(C)COC. The first-order valence-corrected chi connectivity index (χ1v) is 6.32. The molecule has 0 aromatic carbocycles. The Hall–Kier alpha value is -1.73. The first kappa shape index (κ1) is 16.3. The lowest BCUT2D eigenvalue weighted by Crippen LogP contribution is -2.40. The van der Waals surface area contributed by atoms with Crippen molar-refractivity contribution in [2.75, 3.05) is 38.9 Å². The maximum absolute atomic E-state index is 11.0. The monoisotopic (exact) mass is 283 g/mol. The molecule has 20 heavy (non-hydrogen) atoms. The van der Waals surface area contributed by atoms with Crippen LogP contribution in [-0.4, -0.2) is 61.1 Å². The first-order chi connectivity index (χ1) is 9.51. The van der Waals surface area contributed by atoms with E-state index in [1.807, 2.05) is 11.8 Å². The highest BCUT2D eigenvalue weighted by molar-refractivity contribution is 5.88. The average molecular weight is 283 g/mol. The highest BCUT2D eigenvalue weighted by Crippen LogP contribution is 2.14. The molecule has 1 rings (SSSR count). The van der Waals surface area contributed by atoms with Crippen LogP contribution in [0.5, 0.6) is 0 Å². The van der Waals surface area contributed by atoms with E-state index in [1.54, 1.807) is 21.1 Å². The van der Waals surface area contributed by atoms with Crippen molar-refractivity contribution in [3.8, 4) is 0 Å². The van der Waals surface area contributed by atoms with Crippen LogP contribution in [0, 0.1) is 6.92 Å². The molecule has 0 saturated heterocycles. The van der Waals surface area contributed by atoms with Gasteiger partial charge in [-0.2, -0.15) is 0 Å². The van der Waals surface area contributed by atoms with Gasteiger partial charge in [0.25, 0.3) is 0 Å². The molecule has 1 aromatic heterocycles. The zero-order chi connectivity index (χ0) is 15.1. The fraction of sp³-hybridized carbons (Fsp3) is 0.615. The maximum Gasteiger partial charge on any atom is 0.339 e. The van der Waals surface area contributed by atoms with E-state index in [2.05, 4.69) is 9.97 Å². The molecule has 7 nitrogen and oxygen atoms in total. The van der Waals surface area contributed by atoms with E-state index >= 15 is 0 Å². The lowest BCUT2D eigenvalue weighted by atomic mass is 10.2. The molecular weight excluding hydrogens is 262 g/mol. The van der Waals surface area contributed by atoms with Crippen molar-refractivity contribution in [3.63, 3.8) is 0 Å². The van der Waals surface area contributed by atoms with E-state index in [0.29, 0.717) is 31.4 Å². The van der Waals surface area contributed by atoms with E-state index in [1.165, 1.54) is 6.20 Å². The summed E-state index contributed by atoms with van der Waals surface area (Å²) >= 11 is 0. The van der Waals surface area contributed by atoms with Crippen molar-refractivity contribution in [1.82, 2.24) is 9.97 Å². The maximum atomic E-state index is 11.0. The van der Waals surface area contributed by atoms with Gasteiger partial charge in [0.15, 0.2) is 0 Å². The summed E-state index contributed by atoms with van der Waals surface area (Å²) in [5.74, 6) is -0.545. The molecule has 0 aliphatic carbocycles. The topological polar surface area (TPSA) is 84.8 Å². The standard InChI is InChI=1S/C13H21N3O4/c1-9(8-20-4)16(5-6-19-3)13-14-7-11(12(17)18)10(2)15-13/h7,9H,5-6,8H2,1-4H3,(H,17,18). The minimum atomic E-state index is -1.03. The Morgan fingerprint density at radius 1 is 1.45 bits per heavy atom. The van der Waals surface area contributed by atoms with Gasteiger partial charge in [-0.3, -0.25) is 0 Å². The molecule has 0 bridgehead atoms. The number of hydrogen-bond acceptors (Lipinski definition) is 6. The van der Waals surface area contributed by atoms with Gasteiger partial charge in [0.1, 0.15) is 0 Å². The van der Waals surface area contributed by atoms with E-state index in [0.717, 1.165) is 0 Å². The van der Waals surface area contributed by atoms with Crippen LogP contribution in [0.2, 0.25) is 0 Å². The fourth-order valence-electron chi connectivity index (χ4n) is 1.84. The molecule has 1 unspecified atom stereocenters. The molecular formula is C13H21N3O4. The Bertz CT molecular complexity index is 453. The highest BCUT2D eigenvalue weighted by atomic mass is 16.5. The Morgan fingerprint density at radius 3 is 2.65 bits per heavy atom. The first-order valence-electron chi connectivity index (χ1n) is 6.32. The molecule has 0 aliphatic rings. The number of nitrogens with zero attached hydrogens (tertiary/aromatic N) is 3. The number of aromatic carboxylic acids is 1. The summed E-state index contributed by atoms with van der Waals surface area (Å²) in [6, 6.07) is 0.0604. The molecule has 0 amide bonds. The molecule has 7 heteroatoms. The summed E-state index contributed by atoms with van der Waals surface area (Å²) < 4.78 is 10.2. The van der Waals surface area contributed by atoms with Gasteiger partial charge in [0.05, 0.1) is 30.5 Å². The van der Waals surface area contributed by atoms with Crippen LogP contribution in [0.4, 0.5) is 5.95 Å². The van der Waals surface area contributed by atoms with Gasteiger partial charge < -0.3 is 19.5 Å². The number of methoxy groups -OCH3 is 2. The quantitative estimate of drug-likeness (QED) is 0.761. The second-order valence-electron chi connectivity index (χ2n) is 4.46. The number of hydrogen-bond donors (Lipinski definition) is 1. The van der Waals surface area contributed by atoms with Gasteiger partial charge >= 0.3 is 5.97 Å². The molecule has 0 fully saturated rings. The number of ether oxygens (including phenoxy) is 2. The van der Waals surface area contributed by atoms with Gasteiger partial charge in [-0.15, -0.1) is 0 Å². The van der Waals surface area contributed by atoms with Crippen LogP contribution in [0.3, 0.4) is 0 Å². The Labute approximate surface area is 118 Å². The third kappa shape index (κ3) is 4.14.